The Bertz CT molecular complexity index is 1360. The molecule has 2 aromatic carbocycles. The lowest BCUT2D eigenvalue weighted by Crippen LogP contribution is -2.54. The van der Waals surface area contributed by atoms with E-state index in [0.29, 0.717) is 36.9 Å². The molecule has 10 nitrogen and oxygen atoms in total. The molecule has 5 rings (SSSR count). The van der Waals surface area contributed by atoms with Gasteiger partial charge in [0.15, 0.2) is 11.5 Å². The van der Waals surface area contributed by atoms with Gasteiger partial charge in [-0.3, -0.25) is 9.80 Å². The lowest BCUT2D eigenvalue weighted by Gasteiger charge is -2.45. The fourth-order valence-corrected chi connectivity index (χ4v) is 7.12. The van der Waals surface area contributed by atoms with Gasteiger partial charge in [-0.25, -0.2) is 4.79 Å². The van der Waals surface area contributed by atoms with Crippen LogP contribution in [0.5, 0.6) is 28.7 Å². The van der Waals surface area contributed by atoms with Crippen molar-refractivity contribution in [3.63, 3.8) is 0 Å². The minimum Gasteiger partial charge on any atom is -0.497 e. The van der Waals surface area contributed by atoms with Crippen molar-refractivity contribution in [1.29, 1.82) is 0 Å². The van der Waals surface area contributed by atoms with Crippen LogP contribution in [0.25, 0.3) is 0 Å². The van der Waals surface area contributed by atoms with Gasteiger partial charge in [0, 0.05) is 56.0 Å². The Morgan fingerprint density at radius 3 is 2.02 bits per heavy atom. The van der Waals surface area contributed by atoms with E-state index in [9.17, 15) is 4.79 Å². The van der Waals surface area contributed by atoms with Crippen molar-refractivity contribution in [1.82, 2.24) is 14.7 Å². The molecule has 2 saturated heterocycles. The molecule has 0 unspecified atom stereocenters. The van der Waals surface area contributed by atoms with Gasteiger partial charge in [0.05, 0.1) is 54.2 Å². The lowest BCUT2D eigenvalue weighted by molar-refractivity contribution is 0.0667. The third-order valence-electron chi connectivity index (χ3n) is 9.15. The number of piperidine rings is 1. The van der Waals surface area contributed by atoms with Gasteiger partial charge in [0.2, 0.25) is 5.75 Å². The van der Waals surface area contributed by atoms with Gasteiger partial charge >= 0.3 is 6.03 Å². The second-order valence-corrected chi connectivity index (χ2v) is 12.0. The maximum Gasteiger partial charge on any atom is 0.325 e. The highest BCUT2D eigenvalue weighted by Crippen LogP contribution is 2.53. The van der Waals surface area contributed by atoms with Crippen LogP contribution in [0.1, 0.15) is 43.4 Å². The molecule has 0 radical (unpaired) electrons. The summed E-state index contributed by atoms with van der Waals surface area (Å²) in [6.45, 7) is 8.21. The van der Waals surface area contributed by atoms with Crippen molar-refractivity contribution in [3.05, 3.63) is 52.7 Å². The van der Waals surface area contributed by atoms with E-state index in [-0.39, 0.29) is 6.03 Å². The molecule has 0 N–H and O–H groups in total. The number of amides is 2. The second kappa shape index (κ2) is 12.2. The van der Waals surface area contributed by atoms with E-state index >= 15 is 0 Å². The SMILES string of the molecule is COCCN1C(=O)N2Cc3cc(OC)c(OC)c(OC)c3C(C)(C)C=C2C12CCN(Cc1cc(OC)cc(OC)c1)CC2. The predicted molar refractivity (Wildman–Crippen MR) is 164 cm³/mol. The summed E-state index contributed by atoms with van der Waals surface area (Å²) in [6.07, 6.45) is 3.89. The normalized spacial score (nSPS) is 19.0. The van der Waals surface area contributed by atoms with Crippen LogP contribution in [0.4, 0.5) is 4.79 Å². The van der Waals surface area contributed by atoms with Crippen molar-refractivity contribution in [2.24, 2.45) is 0 Å². The molecule has 43 heavy (non-hydrogen) atoms. The highest BCUT2D eigenvalue weighted by atomic mass is 16.5. The fourth-order valence-electron chi connectivity index (χ4n) is 7.12. The molecule has 0 aliphatic carbocycles. The number of urea groups is 1. The van der Waals surface area contributed by atoms with Crippen molar-refractivity contribution in [3.8, 4) is 28.7 Å². The standard InChI is InChI=1S/C33H45N3O7/c1-32(2)19-27-33(9-11-34(12-10-33)20-22-15-24(39-4)18-25(16-22)40-5)36(13-14-38-3)31(37)35(27)21-23-17-26(41-6)29(42-7)30(43-8)28(23)32/h15-19H,9-14,20-21H2,1-8H3. The topological polar surface area (TPSA) is 82.2 Å². The molecule has 10 heteroatoms. The first-order chi connectivity index (χ1) is 20.7. The minimum atomic E-state index is -0.455. The van der Waals surface area contributed by atoms with Gasteiger partial charge in [0.1, 0.15) is 11.5 Å². The van der Waals surface area contributed by atoms with Crippen molar-refractivity contribution >= 4 is 6.03 Å². The second-order valence-electron chi connectivity index (χ2n) is 12.0. The van der Waals surface area contributed by atoms with Crippen LogP contribution >= 0.6 is 0 Å². The number of ether oxygens (including phenoxy) is 6. The number of hydrogen-bond donors (Lipinski definition) is 0. The first kappa shape index (κ1) is 30.8. The van der Waals surface area contributed by atoms with Crippen LogP contribution in [0.2, 0.25) is 0 Å². The van der Waals surface area contributed by atoms with Gasteiger partial charge in [-0.1, -0.05) is 19.9 Å². The summed E-state index contributed by atoms with van der Waals surface area (Å²) in [5.41, 5.74) is 3.27. The molecule has 2 fully saturated rings. The number of carbonyl (C=O) groups excluding carboxylic acids is 1. The van der Waals surface area contributed by atoms with E-state index in [4.69, 9.17) is 28.4 Å². The first-order valence-corrected chi connectivity index (χ1v) is 14.7. The summed E-state index contributed by atoms with van der Waals surface area (Å²) in [5.74, 6) is 3.33. The monoisotopic (exact) mass is 595 g/mol. The average Bonchev–Trinajstić information content (AvgIpc) is 3.11. The largest absolute Gasteiger partial charge is 0.497 e. The number of nitrogens with zero attached hydrogens (tertiary/aromatic N) is 3. The molecule has 2 amide bonds. The summed E-state index contributed by atoms with van der Waals surface area (Å²) < 4.78 is 33.8. The van der Waals surface area contributed by atoms with E-state index in [0.717, 1.165) is 66.4 Å². The van der Waals surface area contributed by atoms with E-state index < -0.39 is 11.0 Å². The molecule has 3 heterocycles. The number of likely N-dealkylation sites (tertiary alicyclic amines) is 1. The van der Waals surface area contributed by atoms with Crippen LogP contribution < -0.4 is 23.7 Å². The van der Waals surface area contributed by atoms with Crippen LogP contribution in [0.3, 0.4) is 0 Å². The first-order valence-electron chi connectivity index (χ1n) is 14.7. The molecule has 3 aliphatic rings. The fraction of sp³-hybridized carbons (Fsp3) is 0.545. The van der Waals surface area contributed by atoms with Gasteiger partial charge in [-0.15, -0.1) is 0 Å². The molecule has 0 bridgehead atoms. The Balaban J connectivity index is 1.52. The third kappa shape index (κ3) is 5.35. The number of fused-ring (bicyclic) bond motifs is 3. The van der Waals surface area contributed by atoms with Crippen molar-refractivity contribution < 1.29 is 33.2 Å². The smallest absolute Gasteiger partial charge is 0.325 e. The average molecular weight is 596 g/mol. The number of benzene rings is 2. The Morgan fingerprint density at radius 1 is 0.814 bits per heavy atom. The van der Waals surface area contributed by atoms with Crippen LogP contribution in [-0.2, 0) is 23.2 Å². The molecule has 3 aliphatic heterocycles. The Labute approximate surface area is 255 Å². The maximum absolute atomic E-state index is 14.3. The predicted octanol–water partition coefficient (Wildman–Crippen LogP) is 4.82. The van der Waals surface area contributed by atoms with Crippen molar-refractivity contribution in [2.75, 3.05) is 68.9 Å². The zero-order valence-electron chi connectivity index (χ0n) is 26.7. The number of methoxy groups -OCH3 is 6. The summed E-state index contributed by atoms with van der Waals surface area (Å²) in [6, 6.07) is 7.99. The van der Waals surface area contributed by atoms with Gasteiger partial charge in [0.25, 0.3) is 0 Å². The van der Waals surface area contributed by atoms with Crippen LogP contribution in [0, 0.1) is 0 Å². The third-order valence-corrected chi connectivity index (χ3v) is 9.15. The number of allylic oxidation sites excluding steroid dienone is 1. The quantitative estimate of drug-likeness (QED) is 0.387. The lowest BCUT2D eigenvalue weighted by atomic mass is 9.77. The van der Waals surface area contributed by atoms with Gasteiger partial charge in [-0.05, 0) is 42.2 Å². The number of carbonyl (C=O) groups is 1. The minimum absolute atomic E-state index is 0.00619. The van der Waals surface area contributed by atoms with E-state index in [1.807, 2.05) is 21.9 Å². The van der Waals surface area contributed by atoms with E-state index in [2.05, 4.69) is 37.0 Å². The molecule has 234 valence electrons. The summed E-state index contributed by atoms with van der Waals surface area (Å²) in [7, 11) is 9.91. The number of hydrogen-bond acceptors (Lipinski definition) is 8. The molecule has 1 spiro atoms. The highest BCUT2D eigenvalue weighted by molar-refractivity contribution is 5.83. The number of rotatable bonds is 10. The maximum atomic E-state index is 14.3. The van der Waals surface area contributed by atoms with Crippen LogP contribution in [-0.4, -0.2) is 95.2 Å². The summed E-state index contributed by atoms with van der Waals surface area (Å²) >= 11 is 0. The van der Waals surface area contributed by atoms with Crippen molar-refractivity contribution in [2.45, 2.75) is 50.7 Å². The highest BCUT2D eigenvalue weighted by Gasteiger charge is 2.56. The molecule has 0 saturated carbocycles. The molecular weight excluding hydrogens is 550 g/mol. The van der Waals surface area contributed by atoms with E-state index in [1.54, 1.807) is 42.7 Å². The zero-order valence-corrected chi connectivity index (χ0v) is 26.7. The van der Waals surface area contributed by atoms with Crippen LogP contribution in [0.15, 0.2) is 36.0 Å². The molecule has 0 aromatic heterocycles. The summed E-state index contributed by atoms with van der Waals surface area (Å²) in [4.78, 5) is 20.7. The molecule has 0 atom stereocenters. The van der Waals surface area contributed by atoms with E-state index in [1.165, 1.54) is 0 Å². The zero-order chi connectivity index (χ0) is 30.9. The Hall–Kier alpha value is -3.63. The Morgan fingerprint density at radius 2 is 1.47 bits per heavy atom. The molecule has 2 aromatic rings. The van der Waals surface area contributed by atoms with Gasteiger partial charge < -0.3 is 33.3 Å². The summed E-state index contributed by atoms with van der Waals surface area (Å²) in [5, 5.41) is 0. The molecular formula is C33H45N3O7. The Kier molecular flexibility index (Phi) is 8.72. The van der Waals surface area contributed by atoms with Gasteiger partial charge in [-0.2, -0.15) is 0 Å².